The van der Waals surface area contributed by atoms with Crippen molar-refractivity contribution in [1.82, 2.24) is 0 Å². The summed E-state index contributed by atoms with van der Waals surface area (Å²) in [5.41, 5.74) is 6.21. The molecule has 88 valence electrons. The van der Waals surface area contributed by atoms with Gasteiger partial charge in [0, 0.05) is 4.47 Å². The highest BCUT2D eigenvalue weighted by Gasteiger charge is 2.16. The highest BCUT2D eigenvalue weighted by atomic mass is 79.9. The van der Waals surface area contributed by atoms with Gasteiger partial charge < -0.3 is 10.5 Å². The molecule has 0 aromatic heterocycles. The van der Waals surface area contributed by atoms with Gasteiger partial charge in [-0.3, -0.25) is 5.32 Å². The highest BCUT2D eigenvalue weighted by molar-refractivity contribution is 9.10. The molecule has 0 spiro atoms. The molecular formula is C11H15BrN2O2. The van der Waals surface area contributed by atoms with Crippen LogP contribution < -0.4 is 11.1 Å². The van der Waals surface area contributed by atoms with Crippen LogP contribution in [0.1, 0.15) is 20.8 Å². The predicted molar refractivity (Wildman–Crippen MR) is 68.4 cm³/mol. The molecule has 0 aliphatic rings. The normalized spacial score (nSPS) is 11.0. The Labute approximate surface area is 103 Å². The Morgan fingerprint density at radius 3 is 2.62 bits per heavy atom. The van der Waals surface area contributed by atoms with Crippen LogP contribution in [0.2, 0.25) is 0 Å². The van der Waals surface area contributed by atoms with E-state index in [1.165, 1.54) is 0 Å². The van der Waals surface area contributed by atoms with Gasteiger partial charge in [0.25, 0.3) is 0 Å². The third-order valence-corrected chi connectivity index (χ3v) is 2.14. The van der Waals surface area contributed by atoms with Gasteiger partial charge in [0.2, 0.25) is 0 Å². The molecule has 1 aromatic rings. The van der Waals surface area contributed by atoms with Crippen molar-refractivity contribution >= 4 is 33.4 Å². The van der Waals surface area contributed by atoms with Crippen molar-refractivity contribution in [3.8, 4) is 0 Å². The average molecular weight is 287 g/mol. The van der Waals surface area contributed by atoms with Gasteiger partial charge in [-0.1, -0.05) is 15.9 Å². The molecule has 5 heteroatoms. The summed E-state index contributed by atoms with van der Waals surface area (Å²) in [5.74, 6) is 0. The fourth-order valence-electron chi connectivity index (χ4n) is 1.05. The van der Waals surface area contributed by atoms with E-state index in [2.05, 4.69) is 21.2 Å². The lowest BCUT2D eigenvalue weighted by Crippen LogP contribution is -2.27. The lowest BCUT2D eigenvalue weighted by molar-refractivity contribution is 0.0636. The molecular weight excluding hydrogens is 272 g/mol. The third-order valence-electron chi connectivity index (χ3n) is 1.65. The van der Waals surface area contributed by atoms with Crippen molar-refractivity contribution in [2.45, 2.75) is 26.4 Å². The largest absolute Gasteiger partial charge is 0.444 e. The molecule has 3 N–H and O–H groups in total. The van der Waals surface area contributed by atoms with Crippen molar-refractivity contribution in [2.75, 3.05) is 11.1 Å². The molecule has 0 atom stereocenters. The maximum Gasteiger partial charge on any atom is 0.412 e. The van der Waals surface area contributed by atoms with E-state index in [-0.39, 0.29) is 0 Å². The van der Waals surface area contributed by atoms with Crippen molar-refractivity contribution in [3.05, 3.63) is 22.7 Å². The summed E-state index contributed by atoms with van der Waals surface area (Å²) in [6.07, 6.45) is -0.516. The quantitative estimate of drug-likeness (QED) is 0.778. The van der Waals surface area contributed by atoms with Crippen LogP contribution in [0.5, 0.6) is 0 Å². The van der Waals surface area contributed by atoms with Gasteiger partial charge in [-0.05, 0) is 39.0 Å². The molecule has 0 radical (unpaired) electrons. The van der Waals surface area contributed by atoms with Gasteiger partial charge in [0.1, 0.15) is 5.60 Å². The van der Waals surface area contributed by atoms with Crippen molar-refractivity contribution < 1.29 is 9.53 Å². The summed E-state index contributed by atoms with van der Waals surface area (Å²) in [4.78, 5) is 11.5. The number of halogens is 1. The summed E-state index contributed by atoms with van der Waals surface area (Å²) in [5, 5.41) is 2.59. The van der Waals surface area contributed by atoms with E-state index in [0.29, 0.717) is 11.4 Å². The number of carbonyl (C=O) groups is 1. The maximum atomic E-state index is 11.5. The number of hydrogen-bond acceptors (Lipinski definition) is 3. The minimum atomic E-state index is -0.523. The number of amides is 1. The van der Waals surface area contributed by atoms with Crippen LogP contribution >= 0.6 is 15.9 Å². The third kappa shape index (κ3) is 4.10. The Bertz CT molecular complexity index is 399. The monoisotopic (exact) mass is 286 g/mol. The van der Waals surface area contributed by atoms with Gasteiger partial charge >= 0.3 is 6.09 Å². The van der Waals surface area contributed by atoms with Gasteiger partial charge in [-0.15, -0.1) is 0 Å². The number of anilines is 2. The van der Waals surface area contributed by atoms with E-state index in [1.54, 1.807) is 39.0 Å². The Kier molecular flexibility index (Phi) is 3.80. The minimum absolute atomic E-state index is 0.494. The smallest absolute Gasteiger partial charge is 0.412 e. The number of ether oxygens (including phenoxy) is 1. The van der Waals surface area contributed by atoms with E-state index < -0.39 is 11.7 Å². The van der Waals surface area contributed by atoms with Crippen LogP contribution in [0, 0.1) is 0 Å². The van der Waals surface area contributed by atoms with E-state index in [0.717, 1.165) is 4.47 Å². The minimum Gasteiger partial charge on any atom is -0.444 e. The first kappa shape index (κ1) is 12.8. The second-order valence-corrected chi connectivity index (χ2v) is 5.27. The molecule has 0 aliphatic heterocycles. The number of carbonyl (C=O) groups excluding carboxylic acids is 1. The summed E-state index contributed by atoms with van der Waals surface area (Å²) in [7, 11) is 0. The maximum absolute atomic E-state index is 11.5. The highest BCUT2D eigenvalue weighted by Crippen LogP contribution is 2.23. The van der Waals surface area contributed by atoms with Crippen LogP contribution in [-0.2, 0) is 4.74 Å². The molecule has 1 amide bonds. The Morgan fingerprint density at radius 1 is 1.44 bits per heavy atom. The van der Waals surface area contributed by atoms with E-state index in [4.69, 9.17) is 10.5 Å². The first-order valence-corrected chi connectivity index (χ1v) is 5.62. The summed E-state index contributed by atoms with van der Waals surface area (Å²) in [6.45, 7) is 5.41. The van der Waals surface area contributed by atoms with Gasteiger partial charge in [-0.25, -0.2) is 4.79 Å². The molecule has 1 rings (SSSR count). The number of nitrogen functional groups attached to an aromatic ring is 1. The predicted octanol–water partition coefficient (Wildman–Crippen LogP) is 3.38. The molecule has 16 heavy (non-hydrogen) atoms. The fourth-order valence-corrected chi connectivity index (χ4v) is 1.41. The fraction of sp³-hybridized carbons (Fsp3) is 0.364. The molecule has 1 aromatic carbocycles. The Balaban J connectivity index is 2.73. The Hall–Kier alpha value is -1.23. The summed E-state index contributed by atoms with van der Waals surface area (Å²) in [6, 6.07) is 5.23. The summed E-state index contributed by atoms with van der Waals surface area (Å²) < 4.78 is 5.96. The second-order valence-electron chi connectivity index (χ2n) is 4.36. The average Bonchev–Trinajstić information content (AvgIpc) is 2.08. The first-order valence-electron chi connectivity index (χ1n) is 4.83. The lowest BCUT2D eigenvalue weighted by atomic mass is 10.2. The topological polar surface area (TPSA) is 64.3 Å². The zero-order valence-corrected chi connectivity index (χ0v) is 11.1. The van der Waals surface area contributed by atoms with Crippen LogP contribution in [0.15, 0.2) is 22.7 Å². The molecule has 4 nitrogen and oxygen atoms in total. The SMILES string of the molecule is CC(C)(C)OC(=O)Nc1cc(Br)ccc1N. The zero-order chi connectivity index (χ0) is 12.3. The number of nitrogens with two attached hydrogens (primary N) is 1. The standard InChI is InChI=1S/C11H15BrN2O2/c1-11(2,3)16-10(15)14-9-6-7(12)4-5-8(9)13/h4-6H,13H2,1-3H3,(H,14,15). The second kappa shape index (κ2) is 4.74. The van der Waals surface area contributed by atoms with E-state index >= 15 is 0 Å². The summed E-state index contributed by atoms with van der Waals surface area (Å²) >= 11 is 3.30. The van der Waals surface area contributed by atoms with Crippen LogP contribution in [0.3, 0.4) is 0 Å². The number of nitrogens with one attached hydrogen (secondary N) is 1. The van der Waals surface area contributed by atoms with Gasteiger partial charge in [0.15, 0.2) is 0 Å². The van der Waals surface area contributed by atoms with Crippen molar-refractivity contribution in [2.24, 2.45) is 0 Å². The van der Waals surface area contributed by atoms with E-state index in [9.17, 15) is 4.79 Å². The molecule has 0 aliphatic carbocycles. The molecule has 0 fully saturated rings. The molecule has 0 saturated heterocycles. The van der Waals surface area contributed by atoms with Crippen molar-refractivity contribution in [3.63, 3.8) is 0 Å². The van der Waals surface area contributed by atoms with Crippen LogP contribution in [-0.4, -0.2) is 11.7 Å². The van der Waals surface area contributed by atoms with Crippen LogP contribution in [0.25, 0.3) is 0 Å². The molecule has 0 heterocycles. The lowest BCUT2D eigenvalue weighted by Gasteiger charge is -2.20. The molecule has 0 bridgehead atoms. The van der Waals surface area contributed by atoms with Gasteiger partial charge in [0.05, 0.1) is 11.4 Å². The van der Waals surface area contributed by atoms with E-state index in [1.807, 2.05) is 0 Å². The first-order chi connectivity index (χ1) is 7.28. The number of rotatable bonds is 1. The Morgan fingerprint density at radius 2 is 2.06 bits per heavy atom. The van der Waals surface area contributed by atoms with Gasteiger partial charge in [-0.2, -0.15) is 0 Å². The van der Waals surface area contributed by atoms with Crippen molar-refractivity contribution in [1.29, 1.82) is 0 Å². The molecule has 0 unspecified atom stereocenters. The molecule has 0 saturated carbocycles. The number of hydrogen-bond donors (Lipinski definition) is 2. The van der Waals surface area contributed by atoms with Crippen LogP contribution in [0.4, 0.5) is 16.2 Å². The number of benzene rings is 1. The zero-order valence-electron chi connectivity index (χ0n) is 9.50.